The van der Waals surface area contributed by atoms with Crippen LogP contribution in [0.1, 0.15) is 5.56 Å². The number of methoxy groups -OCH3 is 1. The van der Waals surface area contributed by atoms with Gasteiger partial charge in [0, 0.05) is 5.39 Å². The molecule has 0 spiro atoms. The summed E-state index contributed by atoms with van der Waals surface area (Å²) in [6.07, 6.45) is 1.82. The Morgan fingerprint density at radius 3 is 2.59 bits per heavy atom. The van der Waals surface area contributed by atoms with Gasteiger partial charge in [0.25, 0.3) is 5.91 Å². The van der Waals surface area contributed by atoms with Gasteiger partial charge in [-0.15, -0.1) is 0 Å². The Labute approximate surface area is 165 Å². The zero-order valence-corrected chi connectivity index (χ0v) is 15.9. The fourth-order valence-electron chi connectivity index (χ4n) is 3.05. The number of hydrogen-bond donors (Lipinski definition) is 0. The van der Waals surface area contributed by atoms with Gasteiger partial charge in [-0.2, -0.15) is 0 Å². The number of ether oxygens (including phenoxy) is 1. The maximum absolute atomic E-state index is 13.6. The van der Waals surface area contributed by atoms with E-state index in [9.17, 15) is 9.18 Å². The van der Waals surface area contributed by atoms with Crippen molar-refractivity contribution in [2.24, 2.45) is 0 Å². The first-order valence-electron chi connectivity index (χ1n) is 8.18. The lowest BCUT2D eigenvalue weighted by atomic mass is 10.0. The van der Waals surface area contributed by atoms with Crippen molar-refractivity contribution in [3.8, 4) is 5.75 Å². The summed E-state index contributed by atoms with van der Waals surface area (Å²) in [7, 11) is 1.63. The van der Waals surface area contributed by atoms with Crippen molar-refractivity contribution in [3.05, 3.63) is 76.9 Å². The molecule has 1 aliphatic rings. The summed E-state index contributed by atoms with van der Waals surface area (Å²) in [5, 5.41) is 1.95. The van der Waals surface area contributed by atoms with Gasteiger partial charge in [-0.1, -0.05) is 60.4 Å². The van der Waals surface area contributed by atoms with Gasteiger partial charge in [0.1, 0.15) is 11.6 Å². The van der Waals surface area contributed by atoms with E-state index in [0.29, 0.717) is 14.9 Å². The summed E-state index contributed by atoms with van der Waals surface area (Å²) in [5.74, 6) is 0.109. The third-order valence-corrected chi connectivity index (χ3v) is 5.59. The molecule has 1 fully saturated rings. The quantitative estimate of drug-likeness (QED) is 0.439. The number of rotatable bonds is 3. The lowest BCUT2D eigenvalue weighted by Gasteiger charge is -2.14. The number of thiocarbonyl (C=S) groups is 1. The molecule has 3 nitrogen and oxygen atoms in total. The summed E-state index contributed by atoms with van der Waals surface area (Å²) < 4.78 is 19.4. The van der Waals surface area contributed by atoms with Crippen LogP contribution in [0.5, 0.6) is 5.75 Å². The number of fused-ring (bicyclic) bond motifs is 1. The van der Waals surface area contributed by atoms with Crippen molar-refractivity contribution in [3.63, 3.8) is 0 Å². The zero-order valence-electron chi connectivity index (χ0n) is 14.3. The van der Waals surface area contributed by atoms with Crippen molar-refractivity contribution in [2.75, 3.05) is 12.0 Å². The number of thioether (sulfide) groups is 1. The van der Waals surface area contributed by atoms with Gasteiger partial charge >= 0.3 is 0 Å². The molecule has 1 saturated heterocycles. The molecule has 0 unspecified atom stereocenters. The third kappa shape index (κ3) is 3.22. The molecule has 0 aromatic heterocycles. The predicted molar refractivity (Wildman–Crippen MR) is 113 cm³/mol. The molecule has 27 heavy (non-hydrogen) atoms. The van der Waals surface area contributed by atoms with E-state index >= 15 is 0 Å². The van der Waals surface area contributed by atoms with Crippen LogP contribution in [0.3, 0.4) is 0 Å². The molecule has 0 saturated carbocycles. The van der Waals surface area contributed by atoms with Crippen LogP contribution < -0.4 is 9.64 Å². The lowest BCUT2D eigenvalue weighted by Crippen LogP contribution is -2.27. The first kappa shape index (κ1) is 17.7. The van der Waals surface area contributed by atoms with Crippen molar-refractivity contribution < 1.29 is 13.9 Å². The Balaban J connectivity index is 1.77. The molecule has 4 rings (SSSR count). The molecule has 0 aliphatic carbocycles. The van der Waals surface area contributed by atoms with E-state index < -0.39 is 5.82 Å². The van der Waals surface area contributed by atoms with E-state index in [1.165, 1.54) is 28.8 Å². The number of amides is 1. The van der Waals surface area contributed by atoms with E-state index in [1.807, 2.05) is 42.5 Å². The van der Waals surface area contributed by atoms with Crippen molar-refractivity contribution >= 4 is 56.7 Å². The van der Waals surface area contributed by atoms with Gasteiger partial charge in [-0.05, 0) is 41.3 Å². The number of benzene rings is 3. The number of carbonyl (C=O) groups is 1. The highest BCUT2D eigenvalue weighted by Crippen LogP contribution is 2.38. The largest absolute Gasteiger partial charge is 0.496 e. The highest BCUT2D eigenvalue weighted by atomic mass is 32.2. The average molecular weight is 395 g/mol. The fourth-order valence-corrected chi connectivity index (χ4v) is 4.34. The molecule has 0 N–H and O–H groups in total. The molecule has 0 bridgehead atoms. The number of halogens is 1. The highest BCUT2D eigenvalue weighted by Gasteiger charge is 2.33. The van der Waals surface area contributed by atoms with Crippen molar-refractivity contribution in [1.82, 2.24) is 0 Å². The molecule has 1 aliphatic heterocycles. The molecule has 1 amide bonds. The minimum Gasteiger partial charge on any atom is -0.496 e. The summed E-state index contributed by atoms with van der Waals surface area (Å²) in [6, 6.07) is 17.5. The molecule has 3 aromatic carbocycles. The van der Waals surface area contributed by atoms with Crippen LogP contribution in [0, 0.1) is 5.82 Å². The monoisotopic (exact) mass is 395 g/mol. The summed E-state index contributed by atoms with van der Waals surface area (Å²) in [4.78, 5) is 14.8. The van der Waals surface area contributed by atoms with Crippen molar-refractivity contribution in [2.45, 2.75) is 0 Å². The van der Waals surface area contributed by atoms with Crippen LogP contribution >= 0.6 is 24.0 Å². The van der Waals surface area contributed by atoms with E-state index in [4.69, 9.17) is 17.0 Å². The second-order valence-electron chi connectivity index (χ2n) is 5.90. The molecular weight excluding hydrogens is 381 g/mol. The summed E-state index contributed by atoms with van der Waals surface area (Å²) in [6.45, 7) is 0. The Hall–Kier alpha value is -2.70. The second-order valence-corrected chi connectivity index (χ2v) is 7.58. The van der Waals surface area contributed by atoms with E-state index in [-0.39, 0.29) is 5.91 Å². The number of hydrogen-bond acceptors (Lipinski definition) is 4. The summed E-state index contributed by atoms with van der Waals surface area (Å²) in [5.41, 5.74) is 1.33. The molecule has 0 radical (unpaired) electrons. The molecule has 1 heterocycles. The van der Waals surface area contributed by atoms with Crippen LogP contribution in [0.2, 0.25) is 0 Å². The minimum atomic E-state index is -0.410. The molecule has 6 heteroatoms. The van der Waals surface area contributed by atoms with Gasteiger partial charge in [0.2, 0.25) is 0 Å². The molecule has 0 atom stereocenters. The Kier molecular flexibility index (Phi) is 4.68. The lowest BCUT2D eigenvalue weighted by molar-refractivity contribution is -0.113. The van der Waals surface area contributed by atoms with Crippen molar-refractivity contribution in [1.29, 1.82) is 0 Å². The second kappa shape index (κ2) is 7.13. The standard InChI is InChI=1S/C21H14FNO2S2/c1-25-18-10-9-13(16-7-2-3-8-17(16)18)11-19-20(24)23(21(26)27-19)15-6-4-5-14(22)12-15/h2-12H,1H3/b19-11-. The van der Waals surface area contributed by atoms with Crippen LogP contribution in [0.15, 0.2) is 65.6 Å². The third-order valence-electron chi connectivity index (χ3n) is 4.28. The average Bonchev–Trinajstić information content (AvgIpc) is 2.95. The summed E-state index contributed by atoms with van der Waals surface area (Å²) >= 11 is 6.57. The van der Waals surface area contributed by atoms with Crippen LogP contribution in [-0.4, -0.2) is 17.3 Å². The van der Waals surface area contributed by atoms with Crippen LogP contribution in [-0.2, 0) is 4.79 Å². The normalized spacial score (nSPS) is 15.8. The van der Waals surface area contributed by atoms with Crippen LogP contribution in [0.4, 0.5) is 10.1 Å². The van der Waals surface area contributed by atoms with Gasteiger partial charge in [-0.3, -0.25) is 9.69 Å². The number of anilines is 1. The van der Waals surface area contributed by atoms with Crippen LogP contribution in [0.25, 0.3) is 16.8 Å². The highest BCUT2D eigenvalue weighted by molar-refractivity contribution is 8.27. The Morgan fingerprint density at radius 1 is 1.07 bits per heavy atom. The minimum absolute atomic E-state index is 0.254. The maximum Gasteiger partial charge on any atom is 0.270 e. The van der Waals surface area contributed by atoms with Gasteiger partial charge < -0.3 is 4.74 Å². The molecular formula is C21H14FNO2S2. The van der Waals surface area contributed by atoms with E-state index in [2.05, 4.69) is 0 Å². The SMILES string of the molecule is COc1ccc(/C=C2\SC(=S)N(c3cccc(F)c3)C2=O)c2ccccc12. The van der Waals surface area contributed by atoms with E-state index in [0.717, 1.165) is 22.1 Å². The first-order valence-corrected chi connectivity index (χ1v) is 9.40. The zero-order chi connectivity index (χ0) is 19.0. The topological polar surface area (TPSA) is 29.5 Å². The smallest absolute Gasteiger partial charge is 0.270 e. The number of carbonyl (C=O) groups excluding carboxylic acids is 1. The number of nitrogens with zero attached hydrogens (tertiary/aromatic N) is 1. The Bertz CT molecular complexity index is 1110. The van der Waals surface area contributed by atoms with Gasteiger partial charge in [-0.25, -0.2) is 4.39 Å². The predicted octanol–water partition coefficient (Wildman–Crippen LogP) is 5.39. The first-order chi connectivity index (χ1) is 13.1. The van der Waals surface area contributed by atoms with Gasteiger partial charge in [0.05, 0.1) is 17.7 Å². The van der Waals surface area contributed by atoms with Gasteiger partial charge in [0.15, 0.2) is 4.32 Å². The maximum atomic E-state index is 13.6. The molecule has 134 valence electrons. The fraction of sp³-hybridized carbons (Fsp3) is 0.0476. The molecule has 3 aromatic rings. The Morgan fingerprint density at radius 2 is 1.85 bits per heavy atom. The van der Waals surface area contributed by atoms with E-state index in [1.54, 1.807) is 19.2 Å².